The Morgan fingerprint density at radius 2 is 1.62 bits per heavy atom. The molecule has 0 aromatic heterocycles. The Hall–Kier alpha value is -1.35. The number of hydrogen-bond donors (Lipinski definition) is 0. The van der Waals surface area contributed by atoms with Crippen LogP contribution in [0.5, 0.6) is 0 Å². The Kier molecular flexibility index (Phi) is 10.7. The first kappa shape index (κ1) is 33.2. The summed E-state index contributed by atoms with van der Waals surface area (Å²) in [5.41, 5.74) is 5.31. The van der Waals surface area contributed by atoms with Gasteiger partial charge >= 0.3 is 51.4 Å². The summed E-state index contributed by atoms with van der Waals surface area (Å²) in [4.78, 5) is 2.58. The van der Waals surface area contributed by atoms with E-state index >= 15 is 0 Å². The minimum Gasteiger partial charge on any atom is -0.744 e. The van der Waals surface area contributed by atoms with E-state index in [0.717, 1.165) is 50.8 Å². The maximum Gasteiger partial charge on any atom is 1.00 e. The van der Waals surface area contributed by atoms with Crippen molar-refractivity contribution < 1.29 is 83.6 Å². The molecular weight excluding hydrogens is 576 g/mol. The normalized spacial score (nSPS) is 18.8. The second kappa shape index (κ2) is 12.9. The minimum atomic E-state index is -4.52. The first-order valence-electron chi connectivity index (χ1n) is 12.3. The second-order valence-electron chi connectivity index (χ2n) is 10.5. The van der Waals surface area contributed by atoms with Crippen molar-refractivity contribution in [3.8, 4) is 0 Å². The summed E-state index contributed by atoms with van der Waals surface area (Å²) < 4.78 is 41.2. The van der Waals surface area contributed by atoms with Crippen molar-refractivity contribution in [2.45, 2.75) is 48.3 Å². The summed E-state index contributed by atoms with van der Waals surface area (Å²) in [5, 5.41) is 13.6. The van der Waals surface area contributed by atoms with E-state index in [1.165, 1.54) is 12.1 Å². The molecule has 0 amide bonds. The molecule has 0 radical (unpaired) electrons. The van der Waals surface area contributed by atoms with E-state index in [0.29, 0.717) is 0 Å². The molecule has 2 aliphatic heterocycles. The van der Waals surface area contributed by atoms with Crippen molar-refractivity contribution in [3.05, 3.63) is 95.8 Å². The smallest absolute Gasteiger partial charge is 0.744 e. The molecule has 0 N–H and O–H groups in total. The Morgan fingerprint density at radius 3 is 2.30 bits per heavy atom. The number of nitrogens with zero attached hydrogens (tertiary/aromatic N) is 2. The molecular formula is C29H31KN2O6S2. The molecule has 206 valence electrons. The molecule has 4 rings (SSSR count). The van der Waals surface area contributed by atoms with Crippen LogP contribution < -0.4 is 61.5 Å². The third kappa shape index (κ3) is 6.50. The predicted molar refractivity (Wildman–Crippen MR) is 150 cm³/mol. The molecule has 2 heterocycles. The van der Waals surface area contributed by atoms with Crippen LogP contribution in [0, 0.1) is 0 Å². The zero-order chi connectivity index (χ0) is 28.6. The van der Waals surface area contributed by atoms with Gasteiger partial charge < -0.3 is 14.7 Å². The quantitative estimate of drug-likeness (QED) is 0.0853. The van der Waals surface area contributed by atoms with E-state index in [4.69, 9.17) is 0 Å². The molecule has 0 saturated heterocycles. The van der Waals surface area contributed by atoms with Gasteiger partial charge in [0.1, 0.15) is 17.2 Å². The summed E-state index contributed by atoms with van der Waals surface area (Å²) in [7, 11) is -0.563. The number of hydrogen-bond acceptors (Lipinski definition) is 8. The molecule has 2 aliphatic rings. The first-order valence-corrected chi connectivity index (χ1v) is 14.4. The zero-order valence-corrected chi connectivity index (χ0v) is 28.4. The maximum absolute atomic E-state index is 11.5. The summed E-state index contributed by atoms with van der Waals surface area (Å²) in [6.45, 7) is 8.32. The summed E-state index contributed by atoms with van der Waals surface area (Å²) in [6, 6.07) is 10.4. The van der Waals surface area contributed by atoms with E-state index in [2.05, 4.69) is 33.9 Å². The van der Waals surface area contributed by atoms with Gasteiger partial charge in [-0.05, 0) is 55.8 Å². The Labute approximate surface area is 283 Å². The number of rotatable bonds is 8. The molecule has 0 saturated carbocycles. The molecule has 0 aliphatic carbocycles. The minimum absolute atomic E-state index is 0. The van der Waals surface area contributed by atoms with Crippen molar-refractivity contribution in [1.82, 2.24) is 0 Å². The zero-order valence-electron chi connectivity index (χ0n) is 23.7. The van der Waals surface area contributed by atoms with Crippen LogP contribution in [-0.4, -0.2) is 37.4 Å². The SMILES string of the molecule is CN1C(=CC=CC=CC=CC2=[N+](C)c3ccc(SOO[O-])cc3C2(C)C)C(C)(C)c2cc(S(=O)(=O)[O-])ccc21.[K+]. The van der Waals surface area contributed by atoms with E-state index in [1.54, 1.807) is 6.07 Å². The van der Waals surface area contributed by atoms with Crippen LogP contribution in [0.15, 0.2) is 94.4 Å². The van der Waals surface area contributed by atoms with Gasteiger partial charge in [0.25, 0.3) is 0 Å². The van der Waals surface area contributed by atoms with Crippen molar-refractivity contribution in [2.24, 2.45) is 0 Å². The molecule has 11 heteroatoms. The molecule has 40 heavy (non-hydrogen) atoms. The van der Waals surface area contributed by atoms with Crippen LogP contribution in [-0.2, 0) is 30.3 Å². The van der Waals surface area contributed by atoms with Crippen LogP contribution in [0.1, 0.15) is 38.8 Å². The monoisotopic (exact) mass is 606 g/mol. The van der Waals surface area contributed by atoms with Gasteiger partial charge in [-0.3, -0.25) is 5.04 Å². The van der Waals surface area contributed by atoms with Gasteiger partial charge in [0.15, 0.2) is 5.71 Å². The third-order valence-electron chi connectivity index (χ3n) is 7.41. The molecule has 0 atom stereocenters. The van der Waals surface area contributed by atoms with Gasteiger partial charge in [0.2, 0.25) is 5.69 Å². The van der Waals surface area contributed by atoms with Crippen molar-refractivity contribution in [1.29, 1.82) is 0 Å². The predicted octanol–water partition coefficient (Wildman–Crippen LogP) is 1.81. The van der Waals surface area contributed by atoms with Crippen LogP contribution in [0.2, 0.25) is 0 Å². The number of likely N-dealkylation sites (N-methyl/N-ethyl adjacent to an activating group) is 1. The van der Waals surface area contributed by atoms with Crippen LogP contribution >= 0.6 is 12.0 Å². The standard InChI is InChI=1S/C29H32N2O6S2.K/c1-28(2)22-18-20(38-37-36-32)14-16-24(22)30(5)26(28)12-10-8-7-9-11-13-27-29(3,4)23-19-21(39(33,34)35)15-17-25(23)31(27)6;/h7-19H,1-6H3,(H-,32,33,34,35);/q;+1/p-1. The third-order valence-corrected chi connectivity index (χ3v) is 8.81. The van der Waals surface area contributed by atoms with Crippen LogP contribution in [0.3, 0.4) is 0 Å². The summed E-state index contributed by atoms with van der Waals surface area (Å²) >= 11 is 0.882. The number of allylic oxidation sites excluding steroid dienone is 8. The molecule has 0 bridgehead atoms. The van der Waals surface area contributed by atoms with E-state index < -0.39 is 15.5 Å². The van der Waals surface area contributed by atoms with Gasteiger partial charge in [0.05, 0.1) is 22.4 Å². The van der Waals surface area contributed by atoms with Gasteiger partial charge in [0, 0.05) is 46.4 Å². The molecule has 0 spiro atoms. The van der Waals surface area contributed by atoms with E-state index in [-0.39, 0.29) is 61.7 Å². The Balaban J connectivity index is 0.00000441. The maximum atomic E-state index is 11.5. The first-order chi connectivity index (χ1) is 18.3. The fourth-order valence-corrected chi connectivity index (χ4v) is 6.27. The van der Waals surface area contributed by atoms with Crippen LogP contribution in [0.25, 0.3) is 0 Å². The number of fused-ring (bicyclic) bond motifs is 2. The number of benzene rings is 2. The van der Waals surface area contributed by atoms with Gasteiger partial charge in [-0.2, -0.15) is 8.91 Å². The molecule has 2 aromatic carbocycles. The number of anilines is 1. The molecule has 0 unspecified atom stereocenters. The molecule has 8 nitrogen and oxygen atoms in total. The molecule has 2 aromatic rings. The Bertz CT molecular complexity index is 1560. The van der Waals surface area contributed by atoms with E-state index in [1.807, 2.05) is 87.5 Å². The van der Waals surface area contributed by atoms with Crippen molar-refractivity contribution >= 4 is 39.2 Å². The van der Waals surface area contributed by atoms with E-state index in [9.17, 15) is 18.2 Å². The largest absolute Gasteiger partial charge is 1.00 e. The van der Waals surface area contributed by atoms with Crippen molar-refractivity contribution in [2.75, 3.05) is 19.0 Å². The van der Waals surface area contributed by atoms with Gasteiger partial charge in [-0.25, -0.2) is 8.42 Å². The second-order valence-corrected chi connectivity index (χ2v) is 12.6. The molecule has 0 fully saturated rings. The fraction of sp³-hybridized carbons (Fsp3) is 0.276. The average molecular weight is 607 g/mol. The van der Waals surface area contributed by atoms with Gasteiger partial charge in [-0.15, -0.1) is 0 Å². The fourth-order valence-electron chi connectivity index (χ4n) is 5.38. The van der Waals surface area contributed by atoms with Gasteiger partial charge in [-0.1, -0.05) is 44.2 Å². The summed E-state index contributed by atoms with van der Waals surface area (Å²) in [5.74, 6) is 0. The Morgan fingerprint density at radius 1 is 0.950 bits per heavy atom. The van der Waals surface area contributed by atoms with Crippen LogP contribution in [0.4, 0.5) is 11.4 Å². The topological polar surface area (TPSA) is 105 Å². The summed E-state index contributed by atoms with van der Waals surface area (Å²) in [6.07, 6.45) is 13.8. The van der Waals surface area contributed by atoms with Crippen molar-refractivity contribution in [3.63, 3.8) is 0 Å². The average Bonchev–Trinajstić information content (AvgIpc) is 3.19.